The summed E-state index contributed by atoms with van der Waals surface area (Å²) in [7, 11) is 0. The third-order valence-electron chi connectivity index (χ3n) is 2.40. The van der Waals surface area contributed by atoms with E-state index in [1.165, 1.54) is 0 Å². The van der Waals surface area contributed by atoms with E-state index in [-0.39, 0.29) is 5.78 Å². The molecule has 0 aliphatic carbocycles. The lowest BCUT2D eigenvalue weighted by atomic mass is 10.0. The van der Waals surface area contributed by atoms with Crippen LogP contribution in [0.2, 0.25) is 0 Å². The summed E-state index contributed by atoms with van der Waals surface area (Å²) in [6, 6.07) is 11.6. The summed E-state index contributed by atoms with van der Waals surface area (Å²) in [6.07, 6.45) is 3.48. The third kappa shape index (κ3) is 3.14. The summed E-state index contributed by atoms with van der Waals surface area (Å²) < 4.78 is 1.07. The Bertz CT molecular complexity index is 569. The largest absolute Gasteiger partial charge is 0.289 e. The van der Waals surface area contributed by atoms with Crippen molar-refractivity contribution in [1.82, 2.24) is 0 Å². The molecule has 17 heavy (non-hydrogen) atoms. The quantitative estimate of drug-likeness (QED) is 0.592. The summed E-state index contributed by atoms with van der Waals surface area (Å²) in [5.74, 6) is 0.0487. The molecule has 0 amide bonds. The van der Waals surface area contributed by atoms with Crippen molar-refractivity contribution in [2.24, 2.45) is 0 Å². The van der Waals surface area contributed by atoms with Crippen LogP contribution in [0.3, 0.4) is 0 Å². The standard InChI is InChI=1S/C14H11BrOS/c1-10-4-2-3-5-12(10)13(16)8-6-11-7-9-14(15)17-11/h2-9H,1H3/b8-6+. The number of hydrogen-bond donors (Lipinski definition) is 0. The Morgan fingerprint density at radius 2 is 2.00 bits per heavy atom. The van der Waals surface area contributed by atoms with Gasteiger partial charge in [0.05, 0.1) is 3.79 Å². The van der Waals surface area contributed by atoms with E-state index in [9.17, 15) is 4.79 Å². The van der Waals surface area contributed by atoms with Gasteiger partial charge in [-0.2, -0.15) is 0 Å². The molecule has 0 aliphatic heterocycles. The van der Waals surface area contributed by atoms with Gasteiger partial charge in [-0.15, -0.1) is 11.3 Å². The minimum Gasteiger partial charge on any atom is -0.289 e. The Labute approximate surface area is 113 Å². The Morgan fingerprint density at radius 1 is 1.24 bits per heavy atom. The number of halogens is 1. The van der Waals surface area contributed by atoms with Gasteiger partial charge in [-0.3, -0.25) is 4.79 Å². The zero-order valence-electron chi connectivity index (χ0n) is 9.31. The molecule has 0 atom stereocenters. The van der Waals surface area contributed by atoms with Crippen molar-refractivity contribution in [3.8, 4) is 0 Å². The predicted molar refractivity (Wildman–Crippen MR) is 76.6 cm³/mol. The molecule has 0 radical (unpaired) electrons. The Morgan fingerprint density at radius 3 is 2.65 bits per heavy atom. The van der Waals surface area contributed by atoms with Crippen LogP contribution in [0.4, 0.5) is 0 Å². The van der Waals surface area contributed by atoms with Crippen LogP contribution in [0.15, 0.2) is 46.3 Å². The van der Waals surface area contributed by atoms with E-state index in [4.69, 9.17) is 0 Å². The van der Waals surface area contributed by atoms with Gasteiger partial charge in [-0.25, -0.2) is 0 Å². The molecule has 0 aliphatic rings. The van der Waals surface area contributed by atoms with Crippen molar-refractivity contribution in [2.75, 3.05) is 0 Å². The van der Waals surface area contributed by atoms with Gasteiger partial charge in [0.1, 0.15) is 0 Å². The molecule has 2 aromatic rings. The first kappa shape index (κ1) is 12.3. The molecule has 0 spiro atoms. The maximum absolute atomic E-state index is 12.0. The molecule has 0 fully saturated rings. The topological polar surface area (TPSA) is 17.1 Å². The van der Waals surface area contributed by atoms with E-state index in [0.29, 0.717) is 0 Å². The Hall–Kier alpha value is -1.19. The van der Waals surface area contributed by atoms with Gasteiger partial charge < -0.3 is 0 Å². The van der Waals surface area contributed by atoms with Crippen LogP contribution >= 0.6 is 27.3 Å². The van der Waals surface area contributed by atoms with Crippen LogP contribution in [-0.2, 0) is 0 Å². The van der Waals surface area contributed by atoms with Crippen LogP contribution in [0.25, 0.3) is 6.08 Å². The lowest BCUT2D eigenvalue weighted by molar-refractivity contribution is 0.104. The third-order valence-corrected chi connectivity index (χ3v) is 3.99. The fourth-order valence-corrected chi connectivity index (χ4v) is 2.84. The average molecular weight is 307 g/mol. The maximum Gasteiger partial charge on any atom is 0.186 e. The maximum atomic E-state index is 12.0. The van der Waals surface area contributed by atoms with Gasteiger partial charge in [0.25, 0.3) is 0 Å². The van der Waals surface area contributed by atoms with E-state index < -0.39 is 0 Å². The summed E-state index contributed by atoms with van der Waals surface area (Å²) in [6.45, 7) is 1.95. The molecule has 1 nitrogen and oxygen atoms in total. The number of rotatable bonds is 3. The highest BCUT2D eigenvalue weighted by molar-refractivity contribution is 9.11. The number of benzene rings is 1. The SMILES string of the molecule is Cc1ccccc1C(=O)/C=C/c1ccc(Br)s1. The fraction of sp³-hybridized carbons (Fsp3) is 0.0714. The lowest BCUT2D eigenvalue weighted by Gasteiger charge is -1.99. The molecule has 2 rings (SSSR count). The molecule has 0 unspecified atom stereocenters. The van der Waals surface area contributed by atoms with Gasteiger partial charge in [0.2, 0.25) is 0 Å². The number of hydrogen-bond acceptors (Lipinski definition) is 2. The van der Waals surface area contributed by atoms with Gasteiger partial charge in [0.15, 0.2) is 5.78 Å². The second kappa shape index (κ2) is 5.43. The first-order valence-electron chi connectivity index (χ1n) is 5.20. The number of aryl methyl sites for hydroxylation is 1. The van der Waals surface area contributed by atoms with Crippen molar-refractivity contribution in [3.05, 3.63) is 62.3 Å². The first-order valence-corrected chi connectivity index (χ1v) is 6.81. The lowest BCUT2D eigenvalue weighted by Crippen LogP contribution is -1.96. The average Bonchev–Trinajstić information content (AvgIpc) is 2.73. The van der Waals surface area contributed by atoms with Gasteiger partial charge in [0, 0.05) is 10.4 Å². The molecular weight excluding hydrogens is 296 g/mol. The monoisotopic (exact) mass is 306 g/mol. The minimum atomic E-state index is 0.0487. The second-order valence-electron chi connectivity index (χ2n) is 3.65. The molecule has 1 aromatic carbocycles. The fourth-order valence-electron chi connectivity index (χ4n) is 1.51. The molecule has 1 aromatic heterocycles. The first-order chi connectivity index (χ1) is 8.16. The summed E-state index contributed by atoms with van der Waals surface area (Å²) in [5, 5.41) is 0. The van der Waals surface area contributed by atoms with Gasteiger partial charge in [-0.1, -0.05) is 24.3 Å². The smallest absolute Gasteiger partial charge is 0.186 e. The van der Waals surface area contributed by atoms with Crippen LogP contribution in [0.1, 0.15) is 20.8 Å². The van der Waals surface area contributed by atoms with E-state index in [2.05, 4.69) is 15.9 Å². The van der Waals surface area contributed by atoms with Crippen molar-refractivity contribution in [1.29, 1.82) is 0 Å². The van der Waals surface area contributed by atoms with Gasteiger partial charge >= 0.3 is 0 Å². The van der Waals surface area contributed by atoms with Crippen molar-refractivity contribution < 1.29 is 4.79 Å². The Kier molecular flexibility index (Phi) is 3.92. The Balaban J connectivity index is 2.17. The number of carbonyl (C=O) groups is 1. The van der Waals surface area contributed by atoms with E-state index in [1.54, 1.807) is 17.4 Å². The minimum absolute atomic E-state index is 0.0487. The molecule has 0 saturated heterocycles. The van der Waals surface area contributed by atoms with Crippen molar-refractivity contribution in [2.45, 2.75) is 6.92 Å². The van der Waals surface area contributed by atoms with E-state index >= 15 is 0 Å². The molecule has 0 N–H and O–H groups in total. The summed E-state index contributed by atoms with van der Waals surface area (Å²) >= 11 is 5.00. The zero-order valence-corrected chi connectivity index (χ0v) is 11.7. The number of allylic oxidation sites excluding steroid dienone is 1. The highest BCUT2D eigenvalue weighted by Gasteiger charge is 2.04. The molecule has 0 saturated carbocycles. The van der Waals surface area contributed by atoms with Crippen molar-refractivity contribution >= 4 is 39.1 Å². The van der Waals surface area contributed by atoms with E-state index in [0.717, 1.165) is 19.8 Å². The molecule has 86 valence electrons. The van der Waals surface area contributed by atoms with Crippen LogP contribution in [0, 0.1) is 6.92 Å². The zero-order chi connectivity index (χ0) is 12.3. The molecule has 3 heteroatoms. The summed E-state index contributed by atoms with van der Waals surface area (Å²) in [4.78, 5) is 13.0. The van der Waals surface area contributed by atoms with Gasteiger partial charge in [-0.05, 0) is 52.7 Å². The molecular formula is C14H11BrOS. The van der Waals surface area contributed by atoms with Crippen molar-refractivity contribution in [3.63, 3.8) is 0 Å². The molecule has 0 bridgehead atoms. The second-order valence-corrected chi connectivity index (χ2v) is 6.15. The number of carbonyl (C=O) groups excluding carboxylic acids is 1. The van der Waals surface area contributed by atoms with Crippen LogP contribution < -0.4 is 0 Å². The number of ketones is 1. The highest BCUT2D eigenvalue weighted by Crippen LogP contribution is 2.23. The molecule has 1 heterocycles. The van der Waals surface area contributed by atoms with Crippen LogP contribution in [-0.4, -0.2) is 5.78 Å². The predicted octanol–water partition coefficient (Wildman–Crippen LogP) is 4.72. The number of thiophene rings is 1. The highest BCUT2D eigenvalue weighted by atomic mass is 79.9. The normalized spacial score (nSPS) is 10.9. The van der Waals surface area contributed by atoms with E-state index in [1.807, 2.05) is 49.4 Å². The van der Waals surface area contributed by atoms with Crippen LogP contribution in [0.5, 0.6) is 0 Å². The summed E-state index contributed by atoms with van der Waals surface area (Å²) in [5.41, 5.74) is 1.77.